The molecule has 18 heavy (non-hydrogen) atoms. The lowest BCUT2D eigenvalue weighted by atomic mass is 10.3. The lowest BCUT2D eigenvalue weighted by molar-refractivity contribution is -0.384. The molecule has 1 rings (SSSR count). The third-order valence-electron chi connectivity index (χ3n) is 1.35. The Labute approximate surface area is 105 Å². The molecule has 0 aliphatic carbocycles. The molecule has 0 aliphatic heterocycles. The van der Waals surface area contributed by atoms with Crippen LogP contribution >= 0.6 is 12.6 Å². The van der Waals surface area contributed by atoms with E-state index in [2.05, 4.69) is 12.6 Å². The number of thiol groups is 1. The fourth-order valence-corrected chi connectivity index (χ4v) is 0.723. The van der Waals surface area contributed by atoms with E-state index in [4.69, 9.17) is 13.0 Å². The largest absolute Gasteiger partial charge is 0.522 e. The first-order valence-corrected chi connectivity index (χ1v) is 5.81. The molecule has 0 saturated heterocycles. The number of nitrogens with zero attached hydrogens (tertiary/aromatic N) is 1. The van der Waals surface area contributed by atoms with Gasteiger partial charge in [0.25, 0.3) is 5.69 Å². The van der Waals surface area contributed by atoms with Gasteiger partial charge in [-0.3, -0.25) is 14.7 Å². The Kier molecular flexibility index (Phi) is 5.57. The maximum Gasteiger partial charge on any atom is 0.522 e. The second-order valence-electron chi connectivity index (χ2n) is 2.69. The standard InChI is InChI=1S/C6H5NO2S.CHF3O3S/c8-7(9)5-1-3-6(10)4-2-5;2-1(3,4)8(5,6)7/h1-4,10H;(H,5,6,7). The van der Waals surface area contributed by atoms with Gasteiger partial charge in [-0.2, -0.15) is 21.6 Å². The fourth-order valence-electron chi connectivity index (χ4n) is 0.574. The first kappa shape index (κ1) is 16.7. The zero-order chi connectivity index (χ0) is 14.6. The van der Waals surface area contributed by atoms with Gasteiger partial charge in [0.2, 0.25) is 0 Å². The van der Waals surface area contributed by atoms with E-state index in [1.165, 1.54) is 12.1 Å². The number of nitro benzene ring substituents is 1. The summed E-state index contributed by atoms with van der Waals surface area (Å²) >= 11 is 3.98. The van der Waals surface area contributed by atoms with E-state index in [1.807, 2.05) is 0 Å². The maximum absolute atomic E-state index is 10.7. The van der Waals surface area contributed by atoms with Crippen LogP contribution in [0.25, 0.3) is 0 Å². The van der Waals surface area contributed by atoms with E-state index in [0.29, 0.717) is 0 Å². The summed E-state index contributed by atoms with van der Waals surface area (Å²) in [6, 6.07) is 6.01. The molecule has 0 unspecified atom stereocenters. The molecular weight excluding hydrogens is 299 g/mol. The topological polar surface area (TPSA) is 97.5 Å². The van der Waals surface area contributed by atoms with Crippen LogP contribution in [-0.2, 0) is 10.1 Å². The van der Waals surface area contributed by atoms with Gasteiger partial charge >= 0.3 is 15.6 Å². The molecule has 1 aromatic rings. The van der Waals surface area contributed by atoms with Crippen LogP contribution in [0, 0.1) is 10.1 Å². The number of hydrogen-bond donors (Lipinski definition) is 2. The van der Waals surface area contributed by atoms with Crippen molar-refractivity contribution in [3.8, 4) is 0 Å². The lowest BCUT2D eigenvalue weighted by Gasteiger charge is -1.97. The van der Waals surface area contributed by atoms with Crippen molar-refractivity contribution in [2.24, 2.45) is 0 Å². The summed E-state index contributed by atoms with van der Waals surface area (Å²) in [6.07, 6.45) is 0. The van der Waals surface area contributed by atoms with Crippen LogP contribution in [0.2, 0.25) is 0 Å². The maximum atomic E-state index is 10.7. The van der Waals surface area contributed by atoms with Crippen LogP contribution in [-0.4, -0.2) is 23.4 Å². The molecule has 102 valence electrons. The third-order valence-corrected chi connectivity index (χ3v) is 2.24. The minimum absolute atomic E-state index is 0.0952. The van der Waals surface area contributed by atoms with Crippen molar-refractivity contribution in [2.75, 3.05) is 0 Å². The Balaban J connectivity index is 0.000000331. The number of halogens is 3. The second kappa shape index (κ2) is 6.02. The van der Waals surface area contributed by atoms with Crippen LogP contribution in [0.3, 0.4) is 0 Å². The minimum Gasteiger partial charge on any atom is -0.279 e. The molecule has 0 bridgehead atoms. The predicted octanol–water partition coefficient (Wildman–Crippen LogP) is 2.28. The Morgan fingerprint density at radius 2 is 1.56 bits per heavy atom. The van der Waals surface area contributed by atoms with Gasteiger partial charge in [0, 0.05) is 17.0 Å². The van der Waals surface area contributed by atoms with Crippen molar-refractivity contribution in [1.82, 2.24) is 0 Å². The molecule has 11 heteroatoms. The van der Waals surface area contributed by atoms with E-state index in [9.17, 15) is 23.3 Å². The van der Waals surface area contributed by atoms with Crippen molar-refractivity contribution >= 4 is 28.4 Å². The summed E-state index contributed by atoms with van der Waals surface area (Å²) in [5.74, 6) is 0. The molecule has 0 amide bonds. The number of alkyl halides is 3. The summed E-state index contributed by atoms with van der Waals surface area (Å²) in [6.45, 7) is 0. The van der Waals surface area contributed by atoms with Crippen molar-refractivity contribution < 1.29 is 31.1 Å². The zero-order valence-corrected chi connectivity index (χ0v) is 10.0. The molecule has 0 fully saturated rings. The van der Waals surface area contributed by atoms with Crippen LogP contribution in [0.1, 0.15) is 0 Å². The molecule has 0 atom stereocenters. The van der Waals surface area contributed by atoms with Crippen LogP contribution in [0.4, 0.5) is 18.9 Å². The van der Waals surface area contributed by atoms with E-state index in [1.54, 1.807) is 12.1 Å². The number of non-ortho nitro benzene ring substituents is 1. The zero-order valence-electron chi connectivity index (χ0n) is 8.33. The minimum atomic E-state index is -5.84. The van der Waals surface area contributed by atoms with Gasteiger partial charge in [0.05, 0.1) is 4.92 Å². The summed E-state index contributed by atoms with van der Waals surface area (Å²) in [7, 11) is -5.84. The molecule has 0 radical (unpaired) electrons. The Hall–Kier alpha value is -1.33. The summed E-state index contributed by atoms with van der Waals surface area (Å²) in [5, 5.41) is 10.1. The molecule has 0 saturated carbocycles. The van der Waals surface area contributed by atoms with Crippen molar-refractivity contribution in [3.05, 3.63) is 34.4 Å². The number of benzene rings is 1. The van der Waals surface area contributed by atoms with Crippen LogP contribution < -0.4 is 0 Å². The Bertz CT molecular complexity index is 511. The van der Waals surface area contributed by atoms with Gasteiger partial charge in [-0.25, -0.2) is 0 Å². The highest BCUT2D eigenvalue weighted by atomic mass is 32.2. The van der Waals surface area contributed by atoms with E-state index in [-0.39, 0.29) is 5.69 Å². The number of hydrogen-bond acceptors (Lipinski definition) is 5. The van der Waals surface area contributed by atoms with Crippen molar-refractivity contribution in [3.63, 3.8) is 0 Å². The van der Waals surface area contributed by atoms with Crippen molar-refractivity contribution in [1.29, 1.82) is 0 Å². The molecule has 6 nitrogen and oxygen atoms in total. The normalized spacial score (nSPS) is 11.4. The molecule has 1 N–H and O–H groups in total. The van der Waals surface area contributed by atoms with Gasteiger partial charge in [0.1, 0.15) is 0 Å². The average molecular weight is 305 g/mol. The highest BCUT2D eigenvalue weighted by Gasteiger charge is 2.44. The Morgan fingerprint density at radius 3 is 1.78 bits per heavy atom. The average Bonchev–Trinajstić information content (AvgIpc) is 2.16. The van der Waals surface area contributed by atoms with Gasteiger partial charge in [0.15, 0.2) is 0 Å². The molecule has 0 spiro atoms. The molecule has 0 heterocycles. The SMILES string of the molecule is O=S(=O)(O)C(F)(F)F.O=[N+]([O-])c1ccc(S)cc1. The first-order chi connectivity index (χ1) is 7.95. The van der Waals surface area contributed by atoms with Gasteiger partial charge in [-0.05, 0) is 12.1 Å². The molecular formula is C7H6F3NO5S2. The summed E-state index contributed by atoms with van der Waals surface area (Å²) in [5.41, 5.74) is -5.44. The molecule has 0 aromatic heterocycles. The second-order valence-corrected chi connectivity index (χ2v) is 4.62. The number of nitro groups is 1. The quantitative estimate of drug-likeness (QED) is 0.273. The summed E-state index contributed by atoms with van der Waals surface area (Å²) in [4.78, 5) is 10.4. The highest BCUT2D eigenvalue weighted by molar-refractivity contribution is 7.86. The van der Waals surface area contributed by atoms with Crippen LogP contribution in [0.15, 0.2) is 29.2 Å². The monoisotopic (exact) mass is 305 g/mol. The third kappa shape index (κ3) is 5.84. The lowest BCUT2D eigenvalue weighted by Crippen LogP contribution is -2.21. The smallest absolute Gasteiger partial charge is 0.279 e. The molecule has 1 aromatic carbocycles. The van der Waals surface area contributed by atoms with Crippen LogP contribution in [0.5, 0.6) is 0 Å². The van der Waals surface area contributed by atoms with Crippen molar-refractivity contribution in [2.45, 2.75) is 10.4 Å². The first-order valence-electron chi connectivity index (χ1n) is 3.92. The van der Waals surface area contributed by atoms with Gasteiger partial charge < -0.3 is 0 Å². The van der Waals surface area contributed by atoms with Gasteiger partial charge in [-0.1, -0.05) is 0 Å². The number of rotatable bonds is 1. The van der Waals surface area contributed by atoms with E-state index < -0.39 is 20.5 Å². The van der Waals surface area contributed by atoms with Gasteiger partial charge in [-0.15, -0.1) is 12.6 Å². The fraction of sp³-hybridized carbons (Fsp3) is 0.143. The van der Waals surface area contributed by atoms with E-state index in [0.717, 1.165) is 4.90 Å². The Morgan fingerprint density at radius 1 is 1.22 bits per heavy atom. The highest BCUT2D eigenvalue weighted by Crippen LogP contribution is 2.20. The summed E-state index contributed by atoms with van der Waals surface area (Å²) < 4.78 is 57.5. The van der Waals surface area contributed by atoms with E-state index >= 15 is 0 Å². The molecule has 0 aliphatic rings. The predicted molar refractivity (Wildman–Crippen MR) is 58.0 cm³/mol.